The highest BCUT2D eigenvalue weighted by Crippen LogP contribution is 2.32. The van der Waals surface area contributed by atoms with Gasteiger partial charge in [-0.25, -0.2) is 4.98 Å². The Morgan fingerprint density at radius 3 is 2.84 bits per heavy atom. The second-order valence-corrected chi connectivity index (χ2v) is 7.17. The minimum absolute atomic E-state index is 0.0584. The van der Waals surface area contributed by atoms with E-state index in [0.717, 1.165) is 44.7 Å². The number of carboxylic acid groups (broad SMARTS) is 1. The molecule has 25 heavy (non-hydrogen) atoms. The minimum atomic E-state index is -0.954. The number of rotatable bonds is 4. The number of carboxylic acids is 1. The van der Waals surface area contributed by atoms with Crippen molar-refractivity contribution < 1.29 is 19.1 Å². The van der Waals surface area contributed by atoms with Crippen molar-refractivity contribution >= 4 is 11.9 Å². The second-order valence-electron chi connectivity index (χ2n) is 7.17. The maximum Gasteiger partial charge on any atom is 0.323 e. The van der Waals surface area contributed by atoms with Gasteiger partial charge in [-0.15, -0.1) is 0 Å². The highest BCUT2D eigenvalue weighted by atomic mass is 16.4. The van der Waals surface area contributed by atoms with Crippen LogP contribution in [0.15, 0.2) is 10.7 Å². The molecule has 8 heteroatoms. The van der Waals surface area contributed by atoms with Gasteiger partial charge in [0.1, 0.15) is 12.8 Å². The molecule has 0 radical (unpaired) electrons. The summed E-state index contributed by atoms with van der Waals surface area (Å²) >= 11 is 0. The van der Waals surface area contributed by atoms with Crippen LogP contribution in [0.25, 0.3) is 0 Å². The molecule has 138 valence electrons. The first-order chi connectivity index (χ1) is 11.9. The molecule has 1 spiro atoms. The number of oxazole rings is 1. The van der Waals surface area contributed by atoms with E-state index in [0.29, 0.717) is 18.9 Å². The van der Waals surface area contributed by atoms with Crippen molar-refractivity contribution in [1.29, 1.82) is 0 Å². The van der Waals surface area contributed by atoms with E-state index in [1.54, 1.807) is 6.26 Å². The normalized spacial score (nSPS) is 26.2. The Labute approximate surface area is 147 Å². The van der Waals surface area contributed by atoms with Gasteiger partial charge in [0.25, 0.3) is 0 Å². The summed E-state index contributed by atoms with van der Waals surface area (Å²) in [5, 5.41) is 9.01. The van der Waals surface area contributed by atoms with Crippen LogP contribution in [-0.4, -0.2) is 82.0 Å². The average molecular weight is 350 g/mol. The lowest BCUT2D eigenvalue weighted by Crippen LogP contribution is -2.60. The Bertz CT molecular complexity index is 646. The zero-order chi connectivity index (χ0) is 18.0. The van der Waals surface area contributed by atoms with E-state index >= 15 is 0 Å². The van der Waals surface area contributed by atoms with Gasteiger partial charge in [0, 0.05) is 51.6 Å². The third-order valence-corrected chi connectivity index (χ3v) is 5.46. The molecule has 2 aliphatic rings. The number of carbonyl (C=O) groups excluding carboxylic acids is 1. The number of carbonyl (C=O) groups is 2. The van der Waals surface area contributed by atoms with Crippen molar-refractivity contribution in [3.8, 4) is 0 Å². The number of aromatic nitrogens is 1. The number of piperazine rings is 1. The van der Waals surface area contributed by atoms with E-state index in [9.17, 15) is 9.59 Å². The van der Waals surface area contributed by atoms with Crippen LogP contribution in [0, 0.1) is 6.92 Å². The van der Waals surface area contributed by atoms with Crippen LogP contribution in [0.4, 0.5) is 0 Å². The van der Waals surface area contributed by atoms with E-state index in [1.165, 1.54) is 4.90 Å². The van der Waals surface area contributed by atoms with Crippen LogP contribution in [0.3, 0.4) is 0 Å². The first-order valence-corrected chi connectivity index (χ1v) is 8.72. The number of aryl methyl sites for hydroxylation is 1. The van der Waals surface area contributed by atoms with Crippen molar-refractivity contribution in [3.63, 3.8) is 0 Å². The average Bonchev–Trinajstić information content (AvgIpc) is 2.90. The number of likely N-dealkylation sites (tertiary alicyclic amines) is 1. The van der Waals surface area contributed by atoms with Gasteiger partial charge in [-0.1, -0.05) is 0 Å². The van der Waals surface area contributed by atoms with Gasteiger partial charge in [-0.05, 0) is 19.9 Å². The molecule has 0 unspecified atom stereocenters. The van der Waals surface area contributed by atoms with Crippen LogP contribution in [-0.2, 0) is 16.1 Å². The Hall–Kier alpha value is -1.93. The zero-order valence-corrected chi connectivity index (χ0v) is 14.9. The predicted molar refractivity (Wildman–Crippen MR) is 89.9 cm³/mol. The molecule has 2 saturated heterocycles. The maximum absolute atomic E-state index is 12.3. The molecule has 0 aliphatic carbocycles. The lowest BCUT2D eigenvalue weighted by Gasteiger charge is -2.49. The molecule has 3 heterocycles. The summed E-state index contributed by atoms with van der Waals surface area (Å²) in [7, 11) is 2.11. The minimum Gasteiger partial charge on any atom is -0.480 e. The second kappa shape index (κ2) is 7.13. The molecule has 1 aromatic rings. The number of aliphatic carboxylic acids is 1. The molecule has 0 aromatic carbocycles. The molecule has 3 rings (SSSR count). The fourth-order valence-electron chi connectivity index (χ4n) is 3.95. The molecule has 1 aromatic heterocycles. The summed E-state index contributed by atoms with van der Waals surface area (Å²) in [4.78, 5) is 33.8. The largest absolute Gasteiger partial charge is 0.480 e. The molecule has 0 bridgehead atoms. The Morgan fingerprint density at radius 1 is 1.36 bits per heavy atom. The SMILES string of the molecule is Cc1nc(CN2CCN(C)[C@@]3(CCC(=O)N(CC(=O)O)CC3)C2)co1. The van der Waals surface area contributed by atoms with Crippen LogP contribution >= 0.6 is 0 Å². The summed E-state index contributed by atoms with van der Waals surface area (Å²) in [6.45, 7) is 5.57. The summed E-state index contributed by atoms with van der Waals surface area (Å²) < 4.78 is 5.29. The van der Waals surface area contributed by atoms with E-state index in [2.05, 4.69) is 21.8 Å². The van der Waals surface area contributed by atoms with Crippen LogP contribution in [0.2, 0.25) is 0 Å². The smallest absolute Gasteiger partial charge is 0.323 e. The van der Waals surface area contributed by atoms with Gasteiger partial charge in [0.15, 0.2) is 5.89 Å². The molecular weight excluding hydrogens is 324 g/mol. The molecule has 1 N–H and O–H groups in total. The number of hydrogen-bond donors (Lipinski definition) is 1. The quantitative estimate of drug-likeness (QED) is 0.849. The van der Waals surface area contributed by atoms with E-state index < -0.39 is 5.97 Å². The first kappa shape index (κ1) is 17.9. The molecule has 8 nitrogen and oxygen atoms in total. The van der Waals surface area contributed by atoms with Crippen LogP contribution < -0.4 is 0 Å². The topological polar surface area (TPSA) is 90.1 Å². The first-order valence-electron chi connectivity index (χ1n) is 8.72. The van der Waals surface area contributed by atoms with Gasteiger partial charge < -0.3 is 14.4 Å². The molecule has 2 aliphatic heterocycles. The van der Waals surface area contributed by atoms with Crippen molar-refractivity contribution in [2.24, 2.45) is 0 Å². The standard InChI is InChI=1S/C17H26N4O4/c1-13-18-14(11-25-13)9-20-8-7-19(2)17(12-20)4-3-15(22)21(6-5-17)10-16(23)24/h11H,3-10,12H2,1-2H3,(H,23,24)/t17-/m1/s1. The van der Waals surface area contributed by atoms with E-state index in [1.807, 2.05) is 6.92 Å². The number of hydrogen-bond acceptors (Lipinski definition) is 6. The van der Waals surface area contributed by atoms with Crippen molar-refractivity contribution in [2.45, 2.75) is 38.3 Å². The van der Waals surface area contributed by atoms with E-state index in [-0.39, 0.29) is 18.0 Å². The highest BCUT2D eigenvalue weighted by molar-refractivity contribution is 5.81. The number of amides is 1. The molecular formula is C17H26N4O4. The van der Waals surface area contributed by atoms with Gasteiger partial charge in [0.05, 0.1) is 5.69 Å². The highest BCUT2D eigenvalue weighted by Gasteiger charge is 2.42. The van der Waals surface area contributed by atoms with Crippen molar-refractivity contribution in [2.75, 3.05) is 39.8 Å². The Morgan fingerprint density at radius 2 is 2.16 bits per heavy atom. The van der Waals surface area contributed by atoms with Crippen LogP contribution in [0.1, 0.15) is 30.8 Å². The number of nitrogens with zero attached hydrogens (tertiary/aromatic N) is 4. The van der Waals surface area contributed by atoms with Gasteiger partial charge in [-0.3, -0.25) is 19.4 Å². The predicted octanol–water partition coefficient (Wildman–Crippen LogP) is 0.566. The zero-order valence-electron chi connectivity index (χ0n) is 14.9. The van der Waals surface area contributed by atoms with Gasteiger partial charge >= 0.3 is 5.97 Å². The fraction of sp³-hybridized carbons (Fsp3) is 0.706. The molecule has 2 fully saturated rings. The van der Waals surface area contributed by atoms with Gasteiger partial charge in [-0.2, -0.15) is 0 Å². The molecule has 1 amide bonds. The van der Waals surface area contributed by atoms with Crippen LogP contribution in [0.5, 0.6) is 0 Å². The summed E-state index contributed by atoms with van der Waals surface area (Å²) in [6, 6.07) is 0. The summed E-state index contributed by atoms with van der Waals surface area (Å²) in [6.07, 6.45) is 3.64. The molecule has 1 atom stereocenters. The maximum atomic E-state index is 12.3. The van der Waals surface area contributed by atoms with Crippen molar-refractivity contribution in [1.82, 2.24) is 19.7 Å². The summed E-state index contributed by atoms with van der Waals surface area (Å²) in [5.41, 5.74) is 0.828. The lowest BCUT2D eigenvalue weighted by molar-refractivity contribution is -0.144. The number of likely N-dealkylation sites (N-methyl/N-ethyl adjacent to an activating group) is 1. The van der Waals surface area contributed by atoms with Gasteiger partial charge in [0.2, 0.25) is 5.91 Å². The third-order valence-electron chi connectivity index (χ3n) is 5.46. The Kier molecular flexibility index (Phi) is 5.10. The monoisotopic (exact) mass is 350 g/mol. The Balaban J connectivity index is 1.69. The molecule has 0 saturated carbocycles. The third kappa shape index (κ3) is 4.01. The van der Waals surface area contributed by atoms with Crippen molar-refractivity contribution in [3.05, 3.63) is 17.8 Å². The lowest BCUT2D eigenvalue weighted by atomic mass is 9.86. The van der Waals surface area contributed by atoms with E-state index in [4.69, 9.17) is 9.52 Å². The fourth-order valence-corrected chi connectivity index (χ4v) is 3.95. The summed E-state index contributed by atoms with van der Waals surface area (Å²) in [5.74, 6) is -0.343.